The van der Waals surface area contributed by atoms with E-state index in [9.17, 15) is 9.18 Å². The van der Waals surface area contributed by atoms with Gasteiger partial charge < -0.3 is 4.74 Å². The van der Waals surface area contributed by atoms with Gasteiger partial charge in [-0.15, -0.1) is 10.2 Å². The van der Waals surface area contributed by atoms with Crippen molar-refractivity contribution in [1.82, 2.24) is 14.8 Å². The van der Waals surface area contributed by atoms with Crippen LogP contribution in [0, 0.1) is 5.82 Å². The molecule has 0 N–H and O–H groups in total. The van der Waals surface area contributed by atoms with Crippen LogP contribution >= 0.6 is 11.8 Å². The van der Waals surface area contributed by atoms with Crippen molar-refractivity contribution < 1.29 is 13.9 Å². The Bertz CT molecular complexity index is 851. The summed E-state index contributed by atoms with van der Waals surface area (Å²) in [5.41, 5.74) is 1.83. The molecule has 0 saturated carbocycles. The van der Waals surface area contributed by atoms with Crippen LogP contribution in [0.25, 0.3) is 5.69 Å². The first-order valence-electron chi connectivity index (χ1n) is 7.61. The molecule has 1 aromatic heterocycles. The molecule has 0 radical (unpaired) electrons. The molecule has 0 saturated heterocycles. The van der Waals surface area contributed by atoms with Gasteiger partial charge >= 0.3 is 5.97 Å². The van der Waals surface area contributed by atoms with Crippen molar-refractivity contribution in [3.05, 3.63) is 71.8 Å². The first kappa shape index (κ1) is 17.2. The number of nitrogens with zero attached hydrogens (tertiary/aromatic N) is 3. The summed E-state index contributed by atoms with van der Waals surface area (Å²) in [5.74, 6) is 0.180. The van der Waals surface area contributed by atoms with E-state index in [0.717, 1.165) is 11.3 Å². The molecule has 0 unspecified atom stereocenters. The van der Waals surface area contributed by atoms with Gasteiger partial charge in [0.2, 0.25) is 0 Å². The van der Waals surface area contributed by atoms with E-state index in [2.05, 4.69) is 14.9 Å². The number of carbonyl (C=O) groups excluding carboxylic acids is 1. The van der Waals surface area contributed by atoms with Crippen molar-refractivity contribution in [2.24, 2.45) is 0 Å². The molecular formula is C18H16FN3O2S. The maximum Gasteiger partial charge on any atom is 0.316 e. The Morgan fingerprint density at radius 1 is 1.12 bits per heavy atom. The molecule has 0 fully saturated rings. The lowest BCUT2D eigenvalue weighted by Gasteiger charge is -2.10. The van der Waals surface area contributed by atoms with Gasteiger partial charge in [-0.2, -0.15) is 0 Å². The van der Waals surface area contributed by atoms with Gasteiger partial charge in [0.25, 0.3) is 0 Å². The van der Waals surface area contributed by atoms with Crippen molar-refractivity contribution in [1.29, 1.82) is 0 Å². The van der Waals surface area contributed by atoms with Gasteiger partial charge in [-0.1, -0.05) is 42.1 Å². The molecule has 0 aliphatic carbocycles. The third kappa shape index (κ3) is 4.24. The minimum atomic E-state index is -0.344. The van der Waals surface area contributed by atoms with E-state index < -0.39 is 0 Å². The standard InChI is InChI=1S/C18H16FN3O2S/c1-24-17(23)12-25-18-21-20-16(11-13-5-3-2-4-6-13)22(18)15-9-7-14(19)8-10-15/h2-10H,11-12H2,1H3. The van der Waals surface area contributed by atoms with E-state index in [1.54, 1.807) is 12.1 Å². The van der Waals surface area contributed by atoms with Gasteiger partial charge in [-0.3, -0.25) is 9.36 Å². The van der Waals surface area contributed by atoms with E-state index in [0.29, 0.717) is 17.4 Å². The highest BCUT2D eigenvalue weighted by Gasteiger charge is 2.16. The molecule has 1 heterocycles. The predicted octanol–water partition coefficient (Wildman–Crippen LogP) is 3.26. The smallest absolute Gasteiger partial charge is 0.316 e. The summed E-state index contributed by atoms with van der Waals surface area (Å²) in [6.45, 7) is 0. The second-order valence-electron chi connectivity index (χ2n) is 5.24. The molecule has 0 amide bonds. The van der Waals surface area contributed by atoms with E-state index in [1.165, 1.54) is 31.0 Å². The number of rotatable bonds is 6. The van der Waals surface area contributed by atoms with E-state index in [4.69, 9.17) is 0 Å². The number of benzene rings is 2. The lowest BCUT2D eigenvalue weighted by atomic mass is 10.1. The number of hydrogen-bond donors (Lipinski definition) is 0. The van der Waals surface area contributed by atoms with Gasteiger partial charge in [-0.05, 0) is 29.8 Å². The zero-order valence-electron chi connectivity index (χ0n) is 13.6. The second-order valence-corrected chi connectivity index (χ2v) is 6.18. The number of methoxy groups -OCH3 is 1. The van der Waals surface area contributed by atoms with Crippen LogP contribution < -0.4 is 0 Å². The third-order valence-electron chi connectivity index (χ3n) is 3.54. The summed E-state index contributed by atoms with van der Waals surface area (Å²) < 4.78 is 19.8. The Labute approximate surface area is 148 Å². The van der Waals surface area contributed by atoms with Gasteiger partial charge in [0.15, 0.2) is 5.16 Å². The van der Waals surface area contributed by atoms with Crippen molar-refractivity contribution in [2.75, 3.05) is 12.9 Å². The molecule has 0 spiro atoms. The minimum absolute atomic E-state index is 0.126. The van der Waals surface area contributed by atoms with E-state index in [1.807, 2.05) is 34.9 Å². The molecule has 2 aromatic carbocycles. The Hall–Kier alpha value is -2.67. The van der Waals surface area contributed by atoms with Crippen molar-refractivity contribution in [2.45, 2.75) is 11.6 Å². The maximum atomic E-state index is 13.3. The number of aromatic nitrogens is 3. The number of carbonyl (C=O) groups is 1. The average molecular weight is 357 g/mol. The third-order valence-corrected chi connectivity index (χ3v) is 4.44. The number of hydrogen-bond acceptors (Lipinski definition) is 5. The summed E-state index contributed by atoms with van der Waals surface area (Å²) in [6.07, 6.45) is 0.573. The normalized spacial score (nSPS) is 10.6. The number of halogens is 1. The summed E-state index contributed by atoms with van der Waals surface area (Å²) in [7, 11) is 1.34. The maximum absolute atomic E-state index is 13.3. The lowest BCUT2D eigenvalue weighted by Crippen LogP contribution is -2.07. The lowest BCUT2D eigenvalue weighted by molar-refractivity contribution is -0.137. The topological polar surface area (TPSA) is 57.0 Å². The van der Waals surface area contributed by atoms with Crippen LogP contribution in [0.15, 0.2) is 59.8 Å². The van der Waals surface area contributed by atoms with Crippen molar-refractivity contribution in [3.63, 3.8) is 0 Å². The molecule has 25 heavy (non-hydrogen) atoms. The van der Waals surface area contributed by atoms with Gasteiger partial charge in [0.1, 0.15) is 11.6 Å². The average Bonchev–Trinajstić information content (AvgIpc) is 3.03. The highest BCUT2D eigenvalue weighted by atomic mass is 32.2. The highest BCUT2D eigenvalue weighted by Crippen LogP contribution is 2.24. The fourth-order valence-electron chi connectivity index (χ4n) is 2.32. The summed E-state index contributed by atoms with van der Waals surface area (Å²) in [5, 5.41) is 9.01. The fourth-order valence-corrected chi connectivity index (χ4v) is 3.12. The van der Waals surface area contributed by atoms with Crippen LogP contribution in [0.2, 0.25) is 0 Å². The van der Waals surface area contributed by atoms with Gasteiger partial charge in [0.05, 0.1) is 12.9 Å². The van der Waals surface area contributed by atoms with Crippen LogP contribution in [0.3, 0.4) is 0 Å². The molecular weight excluding hydrogens is 341 g/mol. The zero-order valence-corrected chi connectivity index (χ0v) is 14.4. The predicted molar refractivity (Wildman–Crippen MR) is 93.3 cm³/mol. The second kappa shape index (κ2) is 7.94. The molecule has 128 valence electrons. The van der Waals surface area contributed by atoms with Gasteiger partial charge in [0, 0.05) is 12.1 Å². The number of thioether (sulfide) groups is 1. The quantitative estimate of drug-likeness (QED) is 0.501. The summed E-state index contributed by atoms with van der Waals surface area (Å²) in [6, 6.07) is 16.0. The summed E-state index contributed by atoms with van der Waals surface area (Å²) in [4.78, 5) is 11.4. The molecule has 0 atom stereocenters. The molecule has 0 aliphatic rings. The number of esters is 1. The first-order chi connectivity index (χ1) is 12.2. The van der Waals surface area contributed by atoms with Crippen molar-refractivity contribution in [3.8, 4) is 5.69 Å². The van der Waals surface area contributed by atoms with Crippen LogP contribution in [0.5, 0.6) is 0 Å². The SMILES string of the molecule is COC(=O)CSc1nnc(Cc2ccccc2)n1-c1ccc(F)cc1. The van der Waals surface area contributed by atoms with Crippen LogP contribution in [-0.2, 0) is 16.0 Å². The van der Waals surface area contributed by atoms with Crippen molar-refractivity contribution >= 4 is 17.7 Å². The molecule has 3 rings (SSSR count). The Balaban J connectivity index is 1.95. The molecule has 5 nitrogen and oxygen atoms in total. The molecule has 0 aliphatic heterocycles. The molecule has 0 bridgehead atoms. The van der Waals surface area contributed by atoms with Crippen LogP contribution in [0.1, 0.15) is 11.4 Å². The van der Waals surface area contributed by atoms with Gasteiger partial charge in [-0.25, -0.2) is 4.39 Å². The Kier molecular flexibility index (Phi) is 5.45. The number of ether oxygens (including phenoxy) is 1. The molecule has 3 aromatic rings. The Morgan fingerprint density at radius 2 is 1.84 bits per heavy atom. The largest absolute Gasteiger partial charge is 0.468 e. The highest BCUT2D eigenvalue weighted by molar-refractivity contribution is 7.99. The molecule has 7 heteroatoms. The Morgan fingerprint density at radius 3 is 2.52 bits per heavy atom. The van der Waals surface area contributed by atoms with E-state index >= 15 is 0 Å². The van der Waals surface area contributed by atoms with E-state index in [-0.39, 0.29) is 17.5 Å². The fraction of sp³-hybridized carbons (Fsp3) is 0.167. The minimum Gasteiger partial charge on any atom is -0.468 e. The summed E-state index contributed by atoms with van der Waals surface area (Å²) >= 11 is 1.23. The van der Waals surface area contributed by atoms with Crippen LogP contribution in [0.4, 0.5) is 4.39 Å². The monoisotopic (exact) mass is 357 g/mol. The van der Waals surface area contributed by atoms with Crippen LogP contribution in [-0.4, -0.2) is 33.6 Å². The first-order valence-corrected chi connectivity index (χ1v) is 8.59. The zero-order chi connectivity index (χ0) is 17.6.